The number of carboxylic acid groups (broad SMARTS) is 1. The summed E-state index contributed by atoms with van der Waals surface area (Å²) in [5, 5.41) is 16.3. The fourth-order valence-electron chi connectivity index (χ4n) is 2.55. The van der Waals surface area contributed by atoms with Gasteiger partial charge in [-0.15, -0.1) is 0 Å². The lowest BCUT2D eigenvalue weighted by molar-refractivity contribution is -0.138. The zero-order chi connectivity index (χ0) is 22.0. The molecule has 0 aliphatic carbocycles. The van der Waals surface area contributed by atoms with Crippen LogP contribution in [-0.2, 0) is 19.2 Å². The average molecular weight is 401 g/mol. The Morgan fingerprint density at radius 2 is 1.50 bits per heavy atom. The lowest BCUT2D eigenvalue weighted by Gasteiger charge is -2.27. The van der Waals surface area contributed by atoms with Gasteiger partial charge in [-0.2, -0.15) is 0 Å². The molecule has 0 aliphatic rings. The number of carboxylic acids is 1. The Morgan fingerprint density at radius 1 is 0.929 bits per heavy atom. The van der Waals surface area contributed by atoms with Gasteiger partial charge in [-0.25, -0.2) is 0 Å². The molecular weight excluding hydrogens is 364 g/mol. The van der Waals surface area contributed by atoms with Crippen LogP contribution in [0.4, 0.5) is 0 Å². The van der Waals surface area contributed by atoms with Crippen LogP contribution < -0.4 is 21.7 Å². The molecule has 9 heteroatoms. The monoisotopic (exact) mass is 400 g/mol. The molecule has 3 amide bonds. The molecule has 6 N–H and O–H groups in total. The van der Waals surface area contributed by atoms with Crippen molar-refractivity contribution in [2.45, 2.75) is 72.5 Å². The van der Waals surface area contributed by atoms with Crippen LogP contribution in [0.25, 0.3) is 0 Å². The maximum Gasteiger partial charge on any atom is 0.322 e. The zero-order valence-corrected chi connectivity index (χ0v) is 17.7. The molecule has 0 bridgehead atoms. The first-order valence-electron chi connectivity index (χ1n) is 9.76. The molecule has 0 unspecified atom stereocenters. The highest BCUT2D eigenvalue weighted by Gasteiger charge is 2.31. The molecule has 0 heterocycles. The predicted molar refractivity (Wildman–Crippen MR) is 106 cm³/mol. The van der Waals surface area contributed by atoms with Crippen molar-refractivity contribution in [1.29, 1.82) is 0 Å². The van der Waals surface area contributed by atoms with E-state index in [0.717, 1.165) is 6.42 Å². The maximum atomic E-state index is 12.8. The molecule has 0 aromatic heterocycles. The normalized spacial score (nSPS) is 15.5. The summed E-state index contributed by atoms with van der Waals surface area (Å²) in [5.41, 5.74) is 5.94. The highest BCUT2D eigenvalue weighted by molar-refractivity contribution is 5.93. The van der Waals surface area contributed by atoms with Crippen molar-refractivity contribution in [2.75, 3.05) is 6.54 Å². The van der Waals surface area contributed by atoms with Gasteiger partial charge in [0.2, 0.25) is 17.7 Å². The third kappa shape index (κ3) is 9.16. The molecule has 0 rings (SSSR count). The van der Waals surface area contributed by atoms with E-state index in [0.29, 0.717) is 6.42 Å². The highest BCUT2D eigenvalue weighted by atomic mass is 16.4. The molecule has 0 spiro atoms. The number of nitrogens with one attached hydrogen (secondary N) is 3. The van der Waals surface area contributed by atoms with Crippen LogP contribution in [-0.4, -0.2) is 53.5 Å². The topological polar surface area (TPSA) is 151 Å². The smallest absolute Gasteiger partial charge is 0.322 e. The molecular formula is C19H36N4O5. The van der Waals surface area contributed by atoms with Crippen LogP contribution in [0.2, 0.25) is 0 Å². The largest absolute Gasteiger partial charge is 0.480 e. The second kappa shape index (κ2) is 12.3. The summed E-state index contributed by atoms with van der Waals surface area (Å²) in [6.07, 6.45) is 1.07. The number of amides is 3. The molecule has 0 aromatic rings. The van der Waals surface area contributed by atoms with E-state index >= 15 is 0 Å². The standard InChI is InChI=1S/C19H36N4O5/c1-7-12(6)15(20)18(27)23-16(11(4)5)19(28)22-13(8-10(2)3)17(26)21-9-14(24)25/h10-13,15-16H,7-9,20H2,1-6H3,(H,21,26)(H,22,28)(H,23,27)(H,24,25)/t12-,13-,15-,16-/m0/s1. The number of aliphatic carboxylic acids is 1. The number of carbonyl (C=O) groups excluding carboxylic acids is 3. The number of rotatable bonds is 12. The predicted octanol–water partition coefficient (Wildman–Crippen LogP) is 0.232. The molecule has 0 aliphatic heterocycles. The van der Waals surface area contributed by atoms with E-state index < -0.39 is 48.4 Å². The fraction of sp³-hybridized carbons (Fsp3) is 0.789. The molecule has 0 aromatic carbocycles. The third-order valence-electron chi connectivity index (χ3n) is 4.56. The zero-order valence-electron chi connectivity index (χ0n) is 17.7. The van der Waals surface area contributed by atoms with Crippen LogP contribution in [0.5, 0.6) is 0 Å². The van der Waals surface area contributed by atoms with E-state index in [1.165, 1.54) is 0 Å². The van der Waals surface area contributed by atoms with E-state index in [2.05, 4.69) is 16.0 Å². The molecule has 0 saturated heterocycles. The van der Waals surface area contributed by atoms with Crippen LogP contribution in [0.3, 0.4) is 0 Å². The Hall–Kier alpha value is -2.16. The molecule has 0 radical (unpaired) electrons. The van der Waals surface area contributed by atoms with Gasteiger partial charge in [0.05, 0.1) is 6.04 Å². The van der Waals surface area contributed by atoms with Crippen molar-refractivity contribution >= 4 is 23.7 Å². The minimum atomic E-state index is -1.17. The number of hydrogen-bond acceptors (Lipinski definition) is 5. The van der Waals surface area contributed by atoms with E-state index in [-0.39, 0.29) is 17.8 Å². The van der Waals surface area contributed by atoms with Crippen molar-refractivity contribution in [1.82, 2.24) is 16.0 Å². The van der Waals surface area contributed by atoms with Crippen LogP contribution in [0.15, 0.2) is 0 Å². The molecule has 9 nitrogen and oxygen atoms in total. The van der Waals surface area contributed by atoms with Gasteiger partial charge in [0.15, 0.2) is 0 Å². The Balaban J connectivity index is 5.20. The lowest BCUT2D eigenvalue weighted by atomic mass is 9.97. The maximum absolute atomic E-state index is 12.8. The molecule has 162 valence electrons. The van der Waals surface area contributed by atoms with Crippen molar-refractivity contribution < 1.29 is 24.3 Å². The van der Waals surface area contributed by atoms with E-state index in [1.54, 1.807) is 13.8 Å². The van der Waals surface area contributed by atoms with Crippen LogP contribution in [0, 0.1) is 17.8 Å². The first kappa shape index (κ1) is 25.8. The number of carbonyl (C=O) groups is 4. The van der Waals surface area contributed by atoms with Crippen LogP contribution in [0.1, 0.15) is 54.4 Å². The van der Waals surface area contributed by atoms with Gasteiger partial charge in [-0.1, -0.05) is 48.0 Å². The lowest BCUT2D eigenvalue weighted by Crippen LogP contribution is -2.58. The van der Waals surface area contributed by atoms with Crippen molar-refractivity contribution in [2.24, 2.45) is 23.5 Å². The quantitative estimate of drug-likeness (QED) is 0.316. The van der Waals surface area contributed by atoms with Crippen molar-refractivity contribution in [3.63, 3.8) is 0 Å². The van der Waals surface area contributed by atoms with Gasteiger partial charge in [0.25, 0.3) is 0 Å². The Morgan fingerprint density at radius 3 is 1.93 bits per heavy atom. The van der Waals surface area contributed by atoms with Gasteiger partial charge < -0.3 is 26.8 Å². The number of hydrogen-bond donors (Lipinski definition) is 5. The summed E-state index contributed by atoms with van der Waals surface area (Å²) in [6.45, 7) is 10.6. The summed E-state index contributed by atoms with van der Waals surface area (Å²) >= 11 is 0. The Labute approximate surface area is 167 Å². The highest BCUT2D eigenvalue weighted by Crippen LogP contribution is 2.10. The van der Waals surface area contributed by atoms with Gasteiger partial charge in [0, 0.05) is 0 Å². The molecule has 0 fully saturated rings. The van der Waals surface area contributed by atoms with Crippen molar-refractivity contribution in [3.05, 3.63) is 0 Å². The summed E-state index contributed by atoms with van der Waals surface area (Å²) in [5.74, 6) is -2.84. The minimum absolute atomic E-state index is 0.0358. The Kier molecular flexibility index (Phi) is 11.4. The SMILES string of the molecule is CC[C@H](C)[C@H](N)C(=O)N[C@H](C(=O)N[C@@H](CC(C)C)C(=O)NCC(=O)O)C(C)C. The fourth-order valence-corrected chi connectivity index (χ4v) is 2.55. The van der Waals surface area contributed by atoms with E-state index in [9.17, 15) is 19.2 Å². The first-order valence-corrected chi connectivity index (χ1v) is 9.76. The minimum Gasteiger partial charge on any atom is -0.480 e. The van der Waals surface area contributed by atoms with Gasteiger partial charge in [-0.3, -0.25) is 19.2 Å². The average Bonchev–Trinajstić information content (AvgIpc) is 2.60. The molecule has 28 heavy (non-hydrogen) atoms. The summed E-state index contributed by atoms with van der Waals surface area (Å²) in [7, 11) is 0. The first-order chi connectivity index (χ1) is 12.9. The second-order valence-corrected chi connectivity index (χ2v) is 7.94. The number of nitrogens with two attached hydrogens (primary N) is 1. The second-order valence-electron chi connectivity index (χ2n) is 7.94. The van der Waals surface area contributed by atoms with Gasteiger partial charge >= 0.3 is 5.97 Å². The third-order valence-corrected chi connectivity index (χ3v) is 4.56. The van der Waals surface area contributed by atoms with Crippen LogP contribution >= 0.6 is 0 Å². The summed E-state index contributed by atoms with van der Waals surface area (Å²) in [6, 6.07) is -2.48. The Bertz CT molecular complexity index is 550. The summed E-state index contributed by atoms with van der Waals surface area (Å²) < 4.78 is 0. The van der Waals surface area contributed by atoms with Gasteiger partial charge in [-0.05, 0) is 24.2 Å². The van der Waals surface area contributed by atoms with Gasteiger partial charge in [0.1, 0.15) is 18.6 Å². The molecule has 0 saturated carbocycles. The van der Waals surface area contributed by atoms with Crippen molar-refractivity contribution in [3.8, 4) is 0 Å². The summed E-state index contributed by atoms with van der Waals surface area (Å²) in [4.78, 5) is 48.1. The molecule has 4 atom stereocenters. The van der Waals surface area contributed by atoms with E-state index in [4.69, 9.17) is 10.8 Å². The van der Waals surface area contributed by atoms with E-state index in [1.807, 2.05) is 27.7 Å².